The van der Waals surface area contributed by atoms with E-state index in [1.165, 1.54) is 0 Å². The Kier molecular flexibility index (Phi) is 3.42. The topological polar surface area (TPSA) is 50.2 Å². The highest BCUT2D eigenvalue weighted by Crippen LogP contribution is 2.24. The number of carboxylic acids is 1. The molecular formula is C15H15NO2. The minimum atomic E-state index is -0.948. The third-order valence-electron chi connectivity index (χ3n) is 2.79. The molecule has 0 radical (unpaired) electrons. The molecule has 3 nitrogen and oxygen atoms in total. The molecule has 0 aliphatic carbocycles. The molecule has 0 spiro atoms. The summed E-state index contributed by atoms with van der Waals surface area (Å²) in [7, 11) is 0. The molecule has 0 atom stereocenters. The third kappa shape index (κ3) is 2.40. The van der Waals surface area contributed by atoms with Crippen LogP contribution in [0.3, 0.4) is 0 Å². The van der Waals surface area contributed by atoms with Crippen LogP contribution in [0.5, 0.6) is 0 Å². The summed E-state index contributed by atoms with van der Waals surface area (Å²) in [6.07, 6.45) is 0. The lowest BCUT2D eigenvalue weighted by atomic mass is 10.0. The van der Waals surface area contributed by atoms with E-state index in [-0.39, 0.29) is 11.5 Å². The van der Waals surface area contributed by atoms with Crippen LogP contribution in [-0.4, -0.2) is 16.1 Å². The highest BCUT2D eigenvalue weighted by molar-refractivity contribution is 5.94. The van der Waals surface area contributed by atoms with Gasteiger partial charge in [-0.25, -0.2) is 4.79 Å². The Hall–Kier alpha value is -2.16. The molecular weight excluding hydrogens is 226 g/mol. The lowest BCUT2D eigenvalue weighted by Gasteiger charge is -2.10. The second-order valence-electron chi connectivity index (χ2n) is 4.46. The highest BCUT2D eigenvalue weighted by Gasteiger charge is 2.14. The van der Waals surface area contributed by atoms with Gasteiger partial charge >= 0.3 is 5.97 Å². The van der Waals surface area contributed by atoms with Crippen LogP contribution in [0, 0.1) is 0 Å². The number of pyridine rings is 1. The van der Waals surface area contributed by atoms with Crippen LogP contribution < -0.4 is 0 Å². The van der Waals surface area contributed by atoms with Gasteiger partial charge in [-0.15, -0.1) is 0 Å². The van der Waals surface area contributed by atoms with Crippen molar-refractivity contribution in [3.63, 3.8) is 0 Å². The summed E-state index contributed by atoms with van der Waals surface area (Å²) < 4.78 is 0. The van der Waals surface area contributed by atoms with Gasteiger partial charge in [-0.1, -0.05) is 44.2 Å². The minimum absolute atomic E-state index is 0.241. The van der Waals surface area contributed by atoms with E-state index in [1.54, 1.807) is 12.1 Å². The number of benzene rings is 1. The molecule has 0 unspecified atom stereocenters. The van der Waals surface area contributed by atoms with Crippen molar-refractivity contribution < 1.29 is 9.90 Å². The van der Waals surface area contributed by atoms with Crippen LogP contribution >= 0.6 is 0 Å². The molecule has 0 saturated heterocycles. The van der Waals surface area contributed by atoms with Crippen molar-refractivity contribution in [2.24, 2.45) is 0 Å². The van der Waals surface area contributed by atoms with Gasteiger partial charge in [0.25, 0.3) is 0 Å². The zero-order valence-electron chi connectivity index (χ0n) is 10.4. The van der Waals surface area contributed by atoms with E-state index in [0.29, 0.717) is 5.69 Å². The van der Waals surface area contributed by atoms with Crippen LogP contribution in [0.15, 0.2) is 42.5 Å². The summed E-state index contributed by atoms with van der Waals surface area (Å²) in [6, 6.07) is 12.8. The molecule has 0 aliphatic rings. The molecule has 0 aliphatic heterocycles. The Morgan fingerprint density at radius 3 is 2.33 bits per heavy atom. The van der Waals surface area contributed by atoms with Crippen molar-refractivity contribution in [2.75, 3.05) is 0 Å². The number of aromatic nitrogens is 1. The van der Waals surface area contributed by atoms with Crippen LogP contribution in [0.4, 0.5) is 0 Å². The summed E-state index contributed by atoms with van der Waals surface area (Å²) in [5.74, 6) is -0.674. The van der Waals surface area contributed by atoms with Gasteiger partial charge in [0, 0.05) is 11.3 Å². The minimum Gasteiger partial charge on any atom is -0.478 e. The lowest BCUT2D eigenvalue weighted by Crippen LogP contribution is -2.04. The maximum absolute atomic E-state index is 11.2. The summed E-state index contributed by atoms with van der Waals surface area (Å²) >= 11 is 0. The standard InChI is InChI=1S/C15H15NO2/c1-10(2)13-9-8-12(15(17)18)14(16-13)11-6-4-3-5-7-11/h3-10H,1-2H3,(H,17,18). The fourth-order valence-corrected chi connectivity index (χ4v) is 1.78. The lowest BCUT2D eigenvalue weighted by molar-refractivity contribution is 0.0697. The van der Waals surface area contributed by atoms with E-state index in [2.05, 4.69) is 4.98 Å². The molecule has 2 rings (SSSR count). The summed E-state index contributed by atoms with van der Waals surface area (Å²) in [6.45, 7) is 4.08. The van der Waals surface area contributed by atoms with Crippen LogP contribution in [0.2, 0.25) is 0 Å². The fourth-order valence-electron chi connectivity index (χ4n) is 1.78. The van der Waals surface area contributed by atoms with Crippen molar-refractivity contribution >= 4 is 5.97 Å². The Morgan fingerprint density at radius 1 is 1.11 bits per heavy atom. The average molecular weight is 241 g/mol. The normalized spacial score (nSPS) is 10.6. The Labute approximate surface area is 106 Å². The number of carboxylic acid groups (broad SMARTS) is 1. The molecule has 1 aromatic heterocycles. The second kappa shape index (κ2) is 5.00. The first kappa shape index (κ1) is 12.3. The van der Waals surface area contributed by atoms with Gasteiger partial charge in [-0.2, -0.15) is 0 Å². The number of rotatable bonds is 3. The number of carbonyl (C=O) groups is 1. The van der Waals surface area contributed by atoms with Gasteiger partial charge in [0.1, 0.15) is 0 Å². The Morgan fingerprint density at radius 2 is 1.78 bits per heavy atom. The largest absolute Gasteiger partial charge is 0.478 e. The molecule has 1 heterocycles. The van der Waals surface area contributed by atoms with E-state index in [0.717, 1.165) is 11.3 Å². The highest BCUT2D eigenvalue weighted by atomic mass is 16.4. The first-order valence-electron chi connectivity index (χ1n) is 5.89. The summed E-state index contributed by atoms with van der Waals surface area (Å²) in [5.41, 5.74) is 2.51. The smallest absolute Gasteiger partial charge is 0.337 e. The molecule has 0 saturated carbocycles. The van der Waals surface area contributed by atoms with Crippen LogP contribution in [-0.2, 0) is 0 Å². The molecule has 0 fully saturated rings. The van der Waals surface area contributed by atoms with Gasteiger partial charge in [0.05, 0.1) is 11.3 Å². The summed E-state index contributed by atoms with van der Waals surface area (Å²) in [4.78, 5) is 15.7. The molecule has 18 heavy (non-hydrogen) atoms. The maximum atomic E-state index is 11.2. The van der Waals surface area contributed by atoms with Gasteiger partial charge in [0.2, 0.25) is 0 Å². The quantitative estimate of drug-likeness (QED) is 0.893. The second-order valence-corrected chi connectivity index (χ2v) is 4.46. The first-order chi connectivity index (χ1) is 8.59. The maximum Gasteiger partial charge on any atom is 0.337 e. The number of hydrogen-bond donors (Lipinski definition) is 1. The third-order valence-corrected chi connectivity index (χ3v) is 2.79. The number of nitrogens with zero attached hydrogens (tertiary/aromatic N) is 1. The molecule has 0 amide bonds. The van der Waals surface area contributed by atoms with Crippen molar-refractivity contribution in [3.05, 3.63) is 53.7 Å². The van der Waals surface area contributed by atoms with E-state index >= 15 is 0 Å². The van der Waals surface area contributed by atoms with E-state index in [4.69, 9.17) is 0 Å². The average Bonchev–Trinajstić information content (AvgIpc) is 2.39. The van der Waals surface area contributed by atoms with Crippen LogP contribution in [0.25, 0.3) is 11.3 Å². The first-order valence-corrected chi connectivity index (χ1v) is 5.89. The van der Waals surface area contributed by atoms with Crippen molar-refractivity contribution in [2.45, 2.75) is 19.8 Å². The molecule has 0 bridgehead atoms. The molecule has 3 heteroatoms. The van der Waals surface area contributed by atoms with Gasteiger partial charge in [-0.3, -0.25) is 4.98 Å². The number of hydrogen-bond acceptors (Lipinski definition) is 2. The van der Waals surface area contributed by atoms with Crippen LogP contribution in [0.1, 0.15) is 35.8 Å². The molecule has 1 aromatic carbocycles. The van der Waals surface area contributed by atoms with Crippen molar-refractivity contribution in [3.8, 4) is 11.3 Å². The van der Waals surface area contributed by atoms with Crippen molar-refractivity contribution in [1.82, 2.24) is 4.98 Å². The molecule has 2 aromatic rings. The SMILES string of the molecule is CC(C)c1ccc(C(=O)O)c(-c2ccccc2)n1. The Bertz CT molecular complexity index is 562. The zero-order chi connectivity index (χ0) is 13.1. The Balaban J connectivity index is 2.62. The van der Waals surface area contributed by atoms with E-state index in [9.17, 15) is 9.90 Å². The number of aromatic carboxylic acids is 1. The van der Waals surface area contributed by atoms with E-state index in [1.807, 2.05) is 44.2 Å². The van der Waals surface area contributed by atoms with E-state index < -0.39 is 5.97 Å². The summed E-state index contributed by atoms with van der Waals surface area (Å²) in [5, 5.41) is 9.22. The predicted octanol–water partition coefficient (Wildman–Crippen LogP) is 3.57. The van der Waals surface area contributed by atoms with Crippen molar-refractivity contribution in [1.29, 1.82) is 0 Å². The predicted molar refractivity (Wildman–Crippen MR) is 70.7 cm³/mol. The monoisotopic (exact) mass is 241 g/mol. The van der Waals surface area contributed by atoms with Gasteiger partial charge in [0.15, 0.2) is 0 Å². The molecule has 1 N–H and O–H groups in total. The molecule has 92 valence electrons. The fraction of sp³-hybridized carbons (Fsp3) is 0.200. The zero-order valence-corrected chi connectivity index (χ0v) is 10.4. The van der Waals surface area contributed by atoms with Gasteiger partial charge in [-0.05, 0) is 18.1 Å². The van der Waals surface area contributed by atoms with Gasteiger partial charge < -0.3 is 5.11 Å².